The zero-order chi connectivity index (χ0) is 21.0. The number of ether oxygens (including phenoxy) is 2. The first kappa shape index (κ1) is 24.5. The molecule has 0 aromatic carbocycles. The van der Waals surface area contributed by atoms with Crippen LogP contribution in [0.1, 0.15) is 41.0 Å². The van der Waals surface area contributed by atoms with Crippen molar-refractivity contribution in [3.05, 3.63) is 0 Å². The third kappa shape index (κ3) is 11.3. The number of rotatable bonds is 9. The number of hydrogen-bond acceptors (Lipinski definition) is 5. The van der Waals surface area contributed by atoms with Gasteiger partial charge in [0.25, 0.3) is 0 Å². The molecule has 1 aliphatic rings. The summed E-state index contributed by atoms with van der Waals surface area (Å²) in [5, 5.41) is 6.65. The highest BCUT2D eigenvalue weighted by Crippen LogP contribution is 2.11. The highest BCUT2D eigenvalue weighted by atomic mass is 16.6. The summed E-state index contributed by atoms with van der Waals surface area (Å²) in [4.78, 5) is 20.5. The molecule has 1 heterocycles. The topological polar surface area (TPSA) is 78.4 Å². The van der Waals surface area contributed by atoms with Gasteiger partial charge >= 0.3 is 6.09 Å². The van der Waals surface area contributed by atoms with Crippen LogP contribution in [0.5, 0.6) is 0 Å². The Labute approximate surface area is 171 Å². The number of carbonyl (C=O) groups excluding carboxylic acids is 1. The van der Waals surface area contributed by atoms with Gasteiger partial charge in [0.15, 0.2) is 5.96 Å². The fourth-order valence-electron chi connectivity index (χ4n) is 2.73. The Hall–Kier alpha value is -1.54. The van der Waals surface area contributed by atoms with Crippen LogP contribution in [-0.4, -0.2) is 93.5 Å². The molecule has 0 aromatic heterocycles. The van der Waals surface area contributed by atoms with Gasteiger partial charge in [-0.15, -0.1) is 0 Å². The number of guanidine groups is 1. The van der Waals surface area contributed by atoms with Crippen LogP contribution in [0.3, 0.4) is 0 Å². The molecule has 0 aromatic rings. The summed E-state index contributed by atoms with van der Waals surface area (Å²) in [7, 11) is 1.78. The van der Waals surface area contributed by atoms with E-state index < -0.39 is 5.60 Å². The monoisotopic (exact) mass is 399 g/mol. The van der Waals surface area contributed by atoms with E-state index in [1.807, 2.05) is 20.8 Å². The number of piperazine rings is 1. The van der Waals surface area contributed by atoms with Crippen molar-refractivity contribution in [1.82, 2.24) is 20.4 Å². The van der Waals surface area contributed by atoms with Gasteiger partial charge in [0.1, 0.15) is 5.60 Å². The third-order valence-corrected chi connectivity index (χ3v) is 4.18. The number of hydrogen-bond donors (Lipinski definition) is 2. The number of aliphatic imine (C=N–C) groups is 1. The maximum atomic E-state index is 12.1. The summed E-state index contributed by atoms with van der Waals surface area (Å²) in [6.45, 7) is 17.3. The molecule has 0 atom stereocenters. The van der Waals surface area contributed by atoms with Crippen LogP contribution in [0.2, 0.25) is 0 Å². The Kier molecular flexibility index (Phi) is 11.2. The maximum absolute atomic E-state index is 12.1. The molecule has 1 aliphatic heterocycles. The van der Waals surface area contributed by atoms with Gasteiger partial charge in [-0.05, 0) is 33.1 Å². The zero-order valence-corrected chi connectivity index (χ0v) is 18.7. The van der Waals surface area contributed by atoms with Gasteiger partial charge in [0.05, 0.1) is 0 Å². The van der Waals surface area contributed by atoms with E-state index in [1.165, 1.54) is 0 Å². The molecule has 0 unspecified atom stereocenters. The normalized spacial score (nSPS) is 16.4. The molecule has 0 bridgehead atoms. The van der Waals surface area contributed by atoms with Crippen molar-refractivity contribution in [3.63, 3.8) is 0 Å². The molecular weight excluding hydrogens is 358 g/mol. The van der Waals surface area contributed by atoms with Crippen LogP contribution >= 0.6 is 0 Å². The van der Waals surface area contributed by atoms with Gasteiger partial charge < -0.3 is 25.0 Å². The second-order valence-corrected chi connectivity index (χ2v) is 8.56. The number of carbonyl (C=O) groups is 1. The minimum atomic E-state index is -0.443. The van der Waals surface area contributed by atoms with E-state index in [4.69, 9.17) is 9.47 Å². The van der Waals surface area contributed by atoms with E-state index in [-0.39, 0.29) is 6.09 Å². The third-order valence-electron chi connectivity index (χ3n) is 4.18. The zero-order valence-electron chi connectivity index (χ0n) is 18.7. The summed E-state index contributed by atoms with van der Waals surface area (Å²) in [5.74, 6) is 1.39. The molecule has 1 amide bonds. The first-order valence-corrected chi connectivity index (χ1v) is 10.4. The van der Waals surface area contributed by atoms with Crippen molar-refractivity contribution >= 4 is 12.1 Å². The van der Waals surface area contributed by atoms with Crippen LogP contribution in [0.15, 0.2) is 4.99 Å². The molecule has 0 spiro atoms. The molecule has 28 heavy (non-hydrogen) atoms. The Balaban J connectivity index is 2.13. The second-order valence-electron chi connectivity index (χ2n) is 8.56. The summed E-state index contributed by atoms with van der Waals surface area (Å²) in [6, 6.07) is 0. The summed E-state index contributed by atoms with van der Waals surface area (Å²) >= 11 is 0. The Morgan fingerprint density at radius 1 is 1.11 bits per heavy atom. The largest absolute Gasteiger partial charge is 0.444 e. The van der Waals surface area contributed by atoms with E-state index in [0.29, 0.717) is 19.0 Å². The lowest BCUT2D eigenvalue weighted by Gasteiger charge is -2.35. The fraction of sp³-hybridized carbons (Fsp3) is 0.900. The highest BCUT2D eigenvalue weighted by molar-refractivity contribution is 5.79. The average Bonchev–Trinajstić information content (AvgIpc) is 2.61. The maximum Gasteiger partial charge on any atom is 0.410 e. The van der Waals surface area contributed by atoms with Crippen molar-refractivity contribution in [2.24, 2.45) is 10.9 Å². The molecular formula is C20H41N5O3. The van der Waals surface area contributed by atoms with Crippen molar-refractivity contribution in [2.75, 3.05) is 66.1 Å². The minimum absolute atomic E-state index is 0.216. The van der Waals surface area contributed by atoms with Crippen molar-refractivity contribution in [3.8, 4) is 0 Å². The van der Waals surface area contributed by atoms with E-state index >= 15 is 0 Å². The molecule has 0 saturated carbocycles. The molecule has 8 nitrogen and oxygen atoms in total. The molecule has 8 heteroatoms. The summed E-state index contributed by atoms with van der Waals surface area (Å²) < 4.78 is 11.0. The molecule has 0 aliphatic carbocycles. The molecule has 1 fully saturated rings. The van der Waals surface area contributed by atoms with Gasteiger partial charge in [-0.25, -0.2) is 4.79 Å². The Bertz CT molecular complexity index is 469. The minimum Gasteiger partial charge on any atom is -0.444 e. The van der Waals surface area contributed by atoms with Crippen molar-refractivity contribution in [1.29, 1.82) is 0 Å². The summed E-state index contributed by atoms with van der Waals surface area (Å²) in [5.41, 5.74) is -0.443. The second kappa shape index (κ2) is 12.8. The highest BCUT2D eigenvalue weighted by Gasteiger charge is 2.25. The lowest BCUT2D eigenvalue weighted by atomic mass is 10.2. The fourth-order valence-corrected chi connectivity index (χ4v) is 2.73. The van der Waals surface area contributed by atoms with Crippen LogP contribution in [0, 0.1) is 5.92 Å². The predicted octanol–water partition coefficient (Wildman–Crippen LogP) is 1.77. The van der Waals surface area contributed by atoms with E-state index in [1.54, 1.807) is 11.9 Å². The standard InChI is InChI=1S/C20H41N5O3/c1-17(2)16-27-15-7-8-22-18(21-6)23-9-10-24-11-13-25(14-12-24)19(26)28-20(3,4)5/h17H,7-16H2,1-6H3,(H2,21,22,23). The average molecular weight is 400 g/mol. The predicted molar refractivity (Wildman–Crippen MR) is 114 cm³/mol. The van der Waals surface area contributed by atoms with Gasteiger partial charge in [-0.1, -0.05) is 13.8 Å². The number of nitrogens with one attached hydrogen (secondary N) is 2. The van der Waals surface area contributed by atoms with Gasteiger partial charge in [-0.2, -0.15) is 0 Å². The quantitative estimate of drug-likeness (QED) is 0.349. The van der Waals surface area contributed by atoms with E-state index in [0.717, 1.165) is 58.3 Å². The molecule has 0 radical (unpaired) electrons. The van der Waals surface area contributed by atoms with Gasteiger partial charge in [-0.3, -0.25) is 9.89 Å². The first-order chi connectivity index (χ1) is 13.2. The number of amides is 1. The van der Waals surface area contributed by atoms with Crippen LogP contribution in [0.4, 0.5) is 4.79 Å². The Morgan fingerprint density at radius 2 is 1.75 bits per heavy atom. The Morgan fingerprint density at radius 3 is 2.32 bits per heavy atom. The van der Waals surface area contributed by atoms with Crippen LogP contribution in [0.25, 0.3) is 0 Å². The van der Waals surface area contributed by atoms with E-state index in [9.17, 15) is 4.79 Å². The lowest BCUT2D eigenvalue weighted by molar-refractivity contribution is 0.0147. The van der Waals surface area contributed by atoms with Crippen molar-refractivity contribution in [2.45, 2.75) is 46.6 Å². The SMILES string of the molecule is CN=C(NCCCOCC(C)C)NCCN1CCN(C(=O)OC(C)(C)C)CC1. The van der Waals surface area contributed by atoms with Gasteiger partial charge in [0.2, 0.25) is 0 Å². The number of nitrogens with zero attached hydrogens (tertiary/aromatic N) is 3. The molecule has 164 valence electrons. The molecule has 1 saturated heterocycles. The van der Waals surface area contributed by atoms with Gasteiger partial charge in [0, 0.05) is 66.1 Å². The first-order valence-electron chi connectivity index (χ1n) is 10.4. The lowest BCUT2D eigenvalue weighted by Crippen LogP contribution is -2.51. The smallest absolute Gasteiger partial charge is 0.410 e. The summed E-state index contributed by atoms with van der Waals surface area (Å²) in [6.07, 6.45) is 0.743. The molecule has 2 N–H and O–H groups in total. The van der Waals surface area contributed by atoms with Crippen LogP contribution < -0.4 is 10.6 Å². The van der Waals surface area contributed by atoms with E-state index in [2.05, 4.69) is 34.4 Å². The molecule has 1 rings (SSSR count). The van der Waals surface area contributed by atoms with Crippen LogP contribution in [-0.2, 0) is 9.47 Å². The van der Waals surface area contributed by atoms with Crippen molar-refractivity contribution < 1.29 is 14.3 Å².